The van der Waals surface area contributed by atoms with Gasteiger partial charge in [-0.1, -0.05) is 13.3 Å². The number of hydrogen-bond donors (Lipinski definition) is 1. The van der Waals surface area contributed by atoms with E-state index in [0.717, 1.165) is 19.5 Å². The quantitative estimate of drug-likeness (QED) is 0.889. The van der Waals surface area contributed by atoms with E-state index in [2.05, 4.69) is 11.8 Å². The maximum Gasteiger partial charge on any atom is 0.336 e. The Morgan fingerprint density at radius 3 is 3.00 bits per heavy atom. The fourth-order valence-electron chi connectivity index (χ4n) is 2.84. The summed E-state index contributed by atoms with van der Waals surface area (Å²) in [6.07, 6.45) is 3.55. The Bertz CT molecular complexity index is 461. The summed E-state index contributed by atoms with van der Waals surface area (Å²) < 4.78 is 13.3. The average Bonchev–Trinajstić information content (AvgIpc) is 2.77. The number of hydrogen-bond acceptors (Lipinski definition) is 2. The summed E-state index contributed by atoms with van der Waals surface area (Å²) in [5.74, 6) is -0.657. The molecule has 1 N–H and O–H groups in total. The minimum absolute atomic E-state index is 0.209. The van der Waals surface area contributed by atoms with Crippen molar-refractivity contribution in [3.05, 3.63) is 35.1 Å². The number of nitrogens with zero attached hydrogens (tertiary/aromatic N) is 1. The normalized spacial score (nSPS) is 19.8. The van der Waals surface area contributed by atoms with E-state index in [0.29, 0.717) is 18.0 Å². The highest BCUT2D eigenvalue weighted by Gasteiger charge is 2.23. The van der Waals surface area contributed by atoms with Crippen LogP contribution in [0.2, 0.25) is 0 Å². The molecule has 1 aromatic rings. The molecule has 104 valence electrons. The van der Waals surface area contributed by atoms with Gasteiger partial charge in [0.05, 0.1) is 5.56 Å². The van der Waals surface area contributed by atoms with Gasteiger partial charge in [0, 0.05) is 13.1 Å². The lowest BCUT2D eigenvalue weighted by Gasteiger charge is -2.17. The molecular weight excluding hydrogens is 245 g/mol. The zero-order chi connectivity index (χ0) is 13.8. The molecule has 1 aliphatic rings. The van der Waals surface area contributed by atoms with E-state index >= 15 is 0 Å². The van der Waals surface area contributed by atoms with Gasteiger partial charge in [0.25, 0.3) is 0 Å². The Hall–Kier alpha value is -1.42. The summed E-state index contributed by atoms with van der Waals surface area (Å²) in [6.45, 7) is 4.67. The first-order valence-electron chi connectivity index (χ1n) is 6.84. The van der Waals surface area contributed by atoms with Crippen molar-refractivity contribution in [2.24, 2.45) is 5.92 Å². The van der Waals surface area contributed by atoms with Crippen LogP contribution in [-0.2, 0) is 6.54 Å². The summed E-state index contributed by atoms with van der Waals surface area (Å²) in [6, 6.07) is 3.90. The fraction of sp³-hybridized carbons (Fsp3) is 0.533. The van der Waals surface area contributed by atoms with Crippen molar-refractivity contribution in [1.82, 2.24) is 4.90 Å². The minimum atomic E-state index is -0.987. The zero-order valence-corrected chi connectivity index (χ0v) is 11.2. The molecule has 1 atom stereocenters. The van der Waals surface area contributed by atoms with Crippen LogP contribution in [0.25, 0.3) is 0 Å². The van der Waals surface area contributed by atoms with Crippen molar-refractivity contribution in [3.63, 3.8) is 0 Å². The van der Waals surface area contributed by atoms with E-state index in [1.807, 2.05) is 0 Å². The lowest BCUT2D eigenvalue weighted by Crippen LogP contribution is -2.21. The Labute approximate surface area is 113 Å². The van der Waals surface area contributed by atoms with Crippen molar-refractivity contribution in [3.8, 4) is 0 Å². The summed E-state index contributed by atoms with van der Waals surface area (Å²) >= 11 is 0. The molecule has 2 rings (SSSR count). The van der Waals surface area contributed by atoms with Crippen molar-refractivity contribution in [1.29, 1.82) is 0 Å². The van der Waals surface area contributed by atoms with E-state index in [-0.39, 0.29) is 11.4 Å². The zero-order valence-electron chi connectivity index (χ0n) is 11.2. The summed E-state index contributed by atoms with van der Waals surface area (Å²) in [5, 5.41) is 9.13. The largest absolute Gasteiger partial charge is 0.478 e. The molecule has 1 aliphatic heterocycles. The van der Waals surface area contributed by atoms with Gasteiger partial charge < -0.3 is 5.11 Å². The van der Waals surface area contributed by atoms with Crippen LogP contribution in [-0.4, -0.2) is 29.1 Å². The topological polar surface area (TPSA) is 40.5 Å². The van der Waals surface area contributed by atoms with Crippen LogP contribution in [0.4, 0.5) is 4.39 Å². The highest BCUT2D eigenvalue weighted by Crippen LogP contribution is 2.23. The Kier molecular flexibility index (Phi) is 4.53. The van der Waals surface area contributed by atoms with Crippen LogP contribution in [0.15, 0.2) is 18.2 Å². The number of rotatable bonds is 5. The number of likely N-dealkylation sites (tertiary alicyclic amines) is 1. The molecule has 0 saturated carbocycles. The molecule has 1 heterocycles. The second-order valence-corrected chi connectivity index (χ2v) is 5.29. The van der Waals surface area contributed by atoms with E-state index < -0.39 is 5.97 Å². The van der Waals surface area contributed by atoms with Gasteiger partial charge in [-0.05, 0) is 49.1 Å². The van der Waals surface area contributed by atoms with Crippen molar-refractivity contribution in [2.75, 3.05) is 13.1 Å². The van der Waals surface area contributed by atoms with Crippen LogP contribution in [0, 0.1) is 11.7 Å². The molecule has 0 radical (unpaired) electrons. The molecule has 19 heavy (non-hydrogen) atoms. The second-order valence-electron chi connectivity index (χ2n) is 5.29. The number of halogens is 1. The van der Waals surface area contributed by atoms with Gasteiger partial charge in [0.2, 0.25) is 0 Å². The van der Waals surface area contributed by atoms with Gasteiger partial charge in [-0.15, -0.1) is 0 Å². The molecule has 4 heteroatoms. The third kappa shape index (κ3) is 3.53. The molecule has 3 nitrogen and oxygen atoms in total. The van der Waals surface area contributed by atoms with Crippen molar-refractivity contribution in [2.45, 2.75) is 32.7 Å². The molecule has 0 spiro atoms. The number of carbonyl (C=O) groups is 1. The maximum atomic E-state index is 13.3. The Balaban J connectivity index is 2.07. The molecule has 0 aliphatic carbocycles. The average molecular weight is 265 g/mol. The molecular formula is C15H20FNO2. The van der Waals surface area contributed by atoms with Gasteiger partial charge in [-0.3, -0.25) is 4.90 Å². The van der Waals surface area contributed by atoms with Crippen LogP contribution < -0.4 is 0 Å². The van der Waals surface area contributed by atoms with Gasteiger partial charge in [-0.25, -0.2) is 9.18 Å². The lowest BCUT2D eigenvalue weighted by atomic mass is 10.0. The third-order valence-electron chi connectivity index (χ3n) is 3.76. The molecule has 0 bridgehead atoms. The maximum absolute atomic E-state index is 13.3. The van der Waals surface area contributed by atoms with E-state index in [1.54, 1.807) is 0 Å². The van der Waals surface area contributed by atoms with E-state index in [1.165, 1.54) is 31.0 Å². The molecule has 1 fully saturated rings. The predicted molar refractivity (Wildman–Crippen MR) is 71.7 cm³/mol. The first-order chi connectivity index (χ1) is 9.10. The van der Waals surface area contributed by atoms with Gasteiger partial charge in [-0.2, -0.15) is 0 Å². The Morgan fingerprint density at radius 1 is 1.53 bits per heavy atom. The molecule has 0 aromatic heterocycles. The lowest BCUT2D eigenvalue weighted by molar-refractivity contribution is 0.0694. The van der Waals surface area contributed by atoms with Crippen LogP contribution in [0.3, 0.4) is 0 Å². The van der Waals surface area contributed by atoms with Crippen molar-refractivity contribution < 1.29 is 14.3 Å². The summed E-state index contributed by atoms with van der Waals surface area (Å²) in [5.41, 5.74) is 0.782. The number of benzene rings is 1. The predicted octanol–water partition coefficient (Wildman–Crippen LogP) is 3.15. The van der Waals surface area contributed by atoms with Crippen LogP contribution in [0.5, 0.6) is 0 Å². The number of carboxylic acid groups (broad SMARTS) is 1. The summed E-state index contributed by atoms with van der Waals surface area (Å²) in [7, 11) is 0. The van der Waals surface area contributed by atoms with Crippen molar-refractivity contribution >= 4 is 5.97 Å². The Morgan fingerprint density at radius 2 is 2.32 bits per heavy atom. The second kappa shape index (κ2) is 6.15. The van der Waals surface area contributed by atoms with Crippen LogP contribution in [0.1, 0.15) is 42.1 Å². The monoisotopic (exact) mass is 265 g/mol. The standard InChI is InChI=1S/C15H20FNO2/c1-2-3-11-6-7-17(9-11)10-12-8-13(16)4-5-14(12)15(18)19/h4-5,8,11H,2-3,6-7,9-10H2,1H3,(H,18,19). The molecule has 0 amide bonds. The fourth-order valence-corrected chi connectivity index (χ4v) is 2.84. The molecule has 1 unspecified atom stereocenters. The first kappa shape index (κ1) is 14.0. The van der Waals surface area contributed by atoms with Gasteiger partial charge >= 0.3 is 5.97 Å². The summed E-state index contributed by atoms with van der Waals surface area (Å²) in [4.78, 5) is 13.4. The first-order valence-corrected chi connectivity index (χ1v) is 6.84. The highest BCUT2D eigenvalue weighted by atomic mass is 19.1. The number of carboxylic acids is 1. The van der Waals surface area contributed by atoms with E-state index in [9.17, 15) is 9.18 Å². The minimum Gasteiger partial charge on any atom is -0.478 e. The molecule has 1 aromatic carbocycles. The SMILES string of the molecule is CCCC1CCN(Cc2cc(F)ccc2C(=O)O)C1. The number of aromatic carboxylic acids is 1. The third-order valence-corrected chi connectivity index (χ3v) is 3.76. The van der Waals surface area contributed by atoms with Crippen LogP contribution >= 0.6 is 0 Å². The van der Waals surface area contributed by atoms with Gasteiger partial charge in [0.15, 0.2) is 0 Å². The van der Waals surface area contributed by atoms with Gasteiger partial charge in [0.1, 0.15) is 5.82 Å². The molecule has 1 saturated heterocycles. The highest BCUT2D eigenvalue weighted by molar-refractivity contribution is 5.89. The van der Waals surface area contributed by atoms with E-state index in [4.69, 9.17) is 5.11 Å². The smallest absolute Gasteiger partial charge is 0.336 e.